The van der Waals surface area contributed by atoms with E-state index in [1.807, 2.05) is 24.3 Å². The molecule has 4 heteroatoms. The Morgan fingerprint density at radius 2 is 0.979 bits per heavy atom. The number of rotatable bonds is 6. The van der Waals surface area contributed by atoms with Gasteiger partial charge in [-0.25, -0.2) is 4.85 Å². The van der Waals surface area contributed by atoms with Gasteiger partial charge in [0.25, 0.3) is 0 Å². The zero-order valence-electron chi connectivity index (χ0n) is 26.1. The Kier molecular flexibility index (Phi) is 7.27. The predicted molar refractivity (Wildman–Crippen MR) is 201 cm³/mol. The van der Waals surface area contributed by atoms with Crippen LogP contribution in [0.25, 0.3) is 43.5 Å². The Bertz CT molecular complexity index is 2370. The summed E-state index contributed by atoms with van der Waals surface area (Å²) in [6.07, 6.45) is 0. The number of nitrogens with zero attached hydrogens (tertiary/aromatic N) is 3. The summed E-state index contributed by atoms with van der Waals surface area (Å²) in [6.45, 7) is 8.25. The summed E-state index contributed by atoms with van der Waals surface area (Å²) in [5.41, 5.74) is 5.42. The molecule has 0 aliphatic rings. The maximum atomic E-state index is 10.7. The van der Waals surface area contributed by atoms with E-state index in [9.17, 15) is 5.26 Å². The third-order valence-electron chi connectivity index (χ3n) is 9.41. The Morgan fingerprint density at radius 3 is 1.48 bits per heavy atom. The maximum absolute atomic E-state index is 10.7. The van der Waals surface area contributed by atoms with Gasteiger partial charge in [0, 0.05) is 16.5 Å². The van der Waals surface area contributed by atoms with Gasteiger partial charge in [0.1, 0.15) is 0 Å². The van der Waals surface area contributed by atoms with Crippen LogP contribution >= 0.6 is 0 Å². The zero-order valence-corrected chi connectivity index (χ0v) is 27.1. The molecule has 48 heavy (non-hydrogen) atoms. The first kappa shape index (κ1) is 29.0. The zero-order chi connectivity index (χ0) is 32.5. The highest BCUT2D eigenvalue weighted by atomic mass is 28.3. The smallest absolute Gasteiger partial charge is 0.207 e. The first-order valence-corrected chi connectivity index (χ1v) is 18.0. The van der Waals surface area contributed by atoms with Crippen molar-refractivity contribution >= 4 is 56.3 Å². The van der Waals surface area contributed by atoms with Crippen molar-refractivity contribution in [3.63, 3.8) is 0 Å². The van der Waals surface area contributed by atoms with Crippen LogP contribution in [0.1, 0.15) is 5.56 Å². The quantitative estimate of drug-likeness (QED) is 0.104. The molecule has 0 saturated heterocycles. The molecule has 0 radical (unpaired) electrons. The molecule has 224 valence electrons. The van der Waals surface area contributed by atoms with E-state index in [2.05, 4.69) is 167 Å². The summed E-state index contributed by atoms with van der Waals surface area (Å²) >= 11 is 0. The van der Waals surface area contributed by atoms with Gasteiger partial charge in [-0.05, 0) is 56.1 Å². The normalized spacial score (nSPS) is 11.3. The number of hydrogen-bond donors (Lipinski definition) is 0. The number of aromatic nitrogens is 1. The summed E-state index contributed by atoms with van der Waals surface area (Å²) in [4.78, 5) is 3.95. The summed E-state index contributed by atoms with van der Waals surface area (Å²) in [6, 6.07) is 64.1. The minimum Gasteiger partial charge on any atom is -0.310 e. The molecule has 0 spiro atoms. The Morgan fingerprint density at radius 1 is 0.521 bits per heavy atom. The van der Waals surface area contributed by atoms with Crippen LogP contribution in [0.3, 0.4) is 0 Å². The predicted octanol–water partition coefficient (Wildman–Crippen LogP) is 8.25. The second kappa shape index (κ2) is 12.0. The molecule has 0 N–H and O–H groups in total. The summed E-state index contributed by atoms with van der Waals surface area (Å²) < 4.78 is 2.23. The van der Waals surface area contributed by atoms with Crippen LogP contribution in [0, 0.1) is 17.9 Å². The highest BCUT2D eigenvalue weighted by molar-refractivity contribution is 7.20. The van der Waals surface area contributed by atoms with Gasteiger partial charge in [-0.2, -0.15) is 5.26 Å². The van der Waals surface area contributed by atoms with Crippen molar-refractivity contribution in [3.05, 3.63) is 193 Å². The van der Waals surface area contributed by atoms with Crippen LogP contribution in [0.5, 0.6) is 0 Å². The van der Waals surface area contributed by atoms with Crippen molar-refractivity contribution in [1.82, 2.24) is 4.57 Å². The van der Waals surface area contributed by atoms with Gasteiger partial charge in [0.15, 0.2) is 8.07 Å². The van der Waals surface area contributed by atoms with E-state index in [1.165, 1.54) is 20.7 Å². The molecule has 0 atom stereocenters. The summed E-state index contributed by atoms with van der Waals surface area (Å²) in [5, 5.41) is 17.9. The number of hydrogen-bond acceptors (Lipinski definition) is 1. The molecular formula is C44H29N3Si. The van der Waals surface area contributed by atoms with Crippen molar-refractivity contribution in [3.8, 4) is 22.9 Å². The topological polar surface area (TPSA) is 33.1 Å². The van der Waals surface area contributed by atoms with Crippen molar-refractivity contribution in [2.75, 3.05) is 0 Å². The van der Waals surface area contributed by atoms with Crippen molar-refractivity contribution in [2.45, 2.75) is 0 Å². The Balaban J connectivity index is 1.50. The second-order valence-electron chi connectivity index (χ2n) is 11.9. The van der Waals surface area contributed by atoms with E-state index in [1.54, 1.807) is 0 Å². The average molecular weight is 628 g/mol. The summed E-state index contributed by atoms with van der Waals surface area (Å²) in [5.74, 6) is 0. The number of benzene rings is 7. The van der Waals surface area contributed by atoms with Crippen LogP contribution < -0.4 is 20.7 Å². The van der Waals surface area contributed by atoms with Gasteiger partial charge in [-0.15, -0.1) is 0 Å². The Labute approximate surface area is 281 Å². The van der Waals surface area contributed by atoms with E-state index in [4.69, 9.17) is 6.57 Å². The fraction of sp³-hybridized carbons (Fsp3) is 0. The highest BCUT2D eigenvalue weighted by Crippen LogP contribution is 2.38. The minimum absolute atomic E-state index is 0.341. The fourth-order valence-corrected chi connectivity index (χ4v) is 12.4. The highest BCUT2D eigenvalue weighted by Gasteiger charge is 2.43. The van der Waals surface area contributed by atoms with Gasteiger partial charge in [-0.3, -0.25) is 0 Å². The molecule has 0 aliphatic carbocycles. The standard InChI is InChI=1S/C44H29N3Si/c1-46-41-30-32(47-42-26-14-11-23-36(42)37-24-12-15-27-43(37)47)29-39(40(41)31-45)38-25-13-16-28-44(38)48(33-17-5-2-6-18-33,34-19-7-3-8-20-34)35-21-9-4-10-22-35/h2-30H. The molecule has 0 unspecified atom stereocenters. The van der Waals surface area contributed by atoms with Crippen LogP contribution in [0.15, 0.2) is 176 Å². The van der Waals surface area contributed by atoms with Gasteiger partial charge < -0.3 is 4.57 Å². The minimum atomic E-state index is -2.96. The third kappa shape index (κ3) is 4.48. The van der Waals surface area contributed by atoms with Crippen LogP contribution in [-0.4, -0.2) is 12.6 Å². The van der Waals surface area contributed by atoms with E-state index in [0.717, 1.165) is 38.6 Å². The third-order valence-corrected chi connectivity index (χ3v) is 14.3. The second-order valence-corrected chi connectivity index (χ2v) is 15.6. The number of fused-ring (bicyclic) bond motifs is 3. The van der Waals surface area contributed by atoms with Crippen molar-refractivity contribution in [1.29, 1.82) is 5.26 Å². The molecule has 8 aromatic rings. The molecule has 0 saturated carbocycles. The molecule has 0 amide bonds. The molecule has 3 nitrogen and oxygen atoms in total. The van der Waals surface area contributed by atoms with Gasteiger partial charge in [0.05, 0.1) is 29.2 Å². The number of para-hydroxylation sites is 2. The van der Waals surface area contributed by atoms with E-state index >= 15 is 0 Å². The lowest BCUT2D eigenvalue weighted by molar-refractivity contribution is 1.18. The van der Waals surface area contributed by atoms with Crippen LogP contribution in [-0.2, 0) is 0 Å². The molecule has 0 aliphatic heterocycles. The van der Waals surface area contributed by atoms with E-state index in [-0.39, 0.29) is 0 Å². The SMILES string of the molecule is [C-]#[N+]c1cc(-n2c3ccccc3c3ccccc32)cc(-c2ccccc2[Si](c2ccccc2)(c2ccccc2)c2ccccc2)c1C#N. The molecular weight excluding hydrogens is 599 g/mol. The lowest BCUT2D eigenvalue weighted by atomic mass is 9.97. The van der Waals surface area contributed by atoms with E-state index in [0.29, 0.717) is 11.3 Å². The lowest BCUT2D eigenvalue weighted by Gasteiger charge is -2.36. The molecule has 0 bridgehead atoms. The summed E-state index contributed by atoms with van der Waals surface area (Å²) in [7, 11) is -2.96. The number of nitriles is 1. The maximum Gasteiger partial charge on any atom is 0.207 e. The fourth-order valence-electron chi connectivity index (χ4n) is 7.44. The first-order chi connectivity index (χ1) is 23.8. The molecule has 8 rings (SSSR count). The van der Waals surface area contributed by atoms with Gasteiger partial charge >= 0.3 is 0 Å². The molecule has 1 heterocycles. The van der Waals surface area contributed by atoms with Gasteiger partial charge in [0.2, 0.25) is 5.69 Å². The van der Waals surface area contributed by atoms with Gasteiger partial charge in [-0.1, -0.05) is 152 Å². The average Bonchev–Trinajstić information content (AvgIpc) is 3.50. The lowest BCUT2D eigenvalue weighted by Crippen LogP contribution is -2.75. The van der Waals surface area contributed by atoms with Crippen LogP contribution in [0.2, 0.25) is 0 Å². The first-order valence-electron chi connectivity index (χ1n) is 16.0. The van der Waals surface area contributed by atoms with Crippen molar-refractivity contribution < 1.29 is 0 Å². The van der Waals surface area contributed by atoms with Crippen LogP contribution in [0.4, 0.5) is 5.69 Å². The largest absolute Gasteiger partial charge is 0.310 e. The van der Waals surface area contributed by atoms with E-state index < -0.39 is 8.07 Å². The van der Waals surface area contributed by atoms with Crippen molar-refractivity contribution in [2.24, 2.45) is 0 Å². The Hall–Kier alpha value is -6.46. The molecule has 1 aromatic heterocycles. The monoisotopic (exact) mass is 627 g/mol. The molecule has 7 aromatic carbocycles. The molecule has 0 fully saturated rings.